The highest BCUT2D eigenvalue weighted by molar-refractivity contribution is 6.31. The highest BCUT2D eigenvalue weighted by atomic mass is 35.5. The number of nitrogens with zero attached hydrogens (tertiary/aromatic N) is 4. The zero-order valence-electron chi connectivity index (χ0n) is 19.5. The predicted molar refractivity (Wildman–Crippen MR) is 138 cm³/mol. The van der Waals surface area contributed by atoms with Crippen LogP contribution in [0.5, 0.6) is 0 Å². The Hall–Kier alpha value is -4.30. The van der Waals surface area contributed by atoms with Crippen LogP contribution in [0.2, 0.25) is 5.02 Å². The number of hydrogen-bond acceptors (Lipinski definition) is 5. The minimum Gasteiger partial charge on any atom is -0.344 e. The lowest BCUT2D eigenvalue weighted by Crippen LogP contribution is -2.27. The van der Waals surface area contributed by atoms with Gasteiger partial charge in [-0.3, -0.25) is 24.7 Å². The molecule has 0 bridgehead atoms. The Kier molecular flexibility index (Phi) is 6.60. The standard InChI is InChI=1S/C27H23ClN6O2/c1-17(26-23-12-21(28)6-8-24(23)32-33-26)31-27(36)20-11-19(13-29-15-20)10-18-5-7-22(30-14-18)16-34-9-3-2-4-25(34)35/h2-9,11-15,17H,10,16H2,1H3,(H,31,36)(H,32,33). The molecule has 0 saturated carbocycles. The number of hydrogen-bond donors (Lipinski definition) is 2. The average molecular weight is 499 g/mol. The van der Waals surface area contributed by atoms with Crippen LogP contribution in [0.3, 0.4) is 0 Å². The number of carbonyl (C=O) groups excluding carboxylic acids is 1. The van der Waals surface area contributed by atoms with Crippen molar-refractivity contribution in [1.29, 1.82) is 0 Å². The number of benzene rings is 1. The Morgan fingerprint density at radius 1 is 1.08 bits per heavy atom. The van der Waals surface area contributed by atoms with Gasteiger partial charge in [0, 0.05) is 47.7 Å². The summed E-state index contributed by atoms with van der Waals surface area (Å²) in [6.45, 7) is 2.29. The van der Waals surface area contributed by atoms with E-state index < -0.39 is 0 Å². The van der Waals surface area contributed by atoms with E-state index in [-0.39, 0.29) is 17.5 Å². The maximum atomic E-state index is 12.9. The summed E-state index contributed by atoms with van der Waals surface area (Å²) >= 11 is 6.13. The number of nitrogens with one attached hydrogen (secondary N) is 2. The Morgan fingerprint density at radius 3 is 2.78 bits per heavy atom. The zero-order valence-corrected chi connectivity index (χ0v) is 20.2. The largest absolute Gasteiger partial charge is 0.344 e. The van der Waals surface area contributed by atoms with Crippen molar-refractivity contribution in [1.82, 2.24) is 30.0 Å². The molecule has 9 heteroatoms. The van der Waals surface area contributed by atoms with Gasteiger partial charge < -0.3 is 9.88 Å². The van der Waals surface area contributed by atoms with E-state index in [0.717, 1.165) is 27.7 Å². The summed E-state index contributed by atoms with van der Waals surface area (Å²) in [5.41, 5.74) is 4.63. The zero-order chi connectivity index (χ0) is 25.1. The number of pyridine rings is 3. The number of aromatic amines is 1. The van der Waals surface area contributed by atoms with Crippen molar-refractivity contribution in [3.63, 3.8) is 0 Å². The summed E-state index contributed by atoms with van der Waals surface area (Å²) in [6, 6.07) is 15.9. The van der Waals surface area contributed by atoms with Crippen LogP contribution in [0.25, 0.3) is 10.9 Å². The fourth-order valence-corrected chi connectivity index (χ4v) is 4.22. The molecule has 5 rings (SSSR count). The first-order valence-corrected chi connectivity index (χ1v) is 11.8. The number of halogens is 1. The number of fused-ring (bicyclic) bond motifs is 1. The van der Waals surface area contributed by atoms with Crippen molar-refractivity contribution in [2.24, 2.45) is 0 Å². The molecule has 0 radical (unpaired) electrons. The summed E-state index contributed by atoms with van der Waals surface area (Å²) in [6.07, 6.45) is 7.38. The molecule has 5 aromatic rings. The van der Waals surface area contributed by atoms with Crippen molar-refractivity contribution >= 4 is 28.4 Å². The highest BCUT2D eigenvalue weighted by Crippen LogP contribution is 2.25. The van der Waals surface area contributed by atoms with Gasteiger partial charge in [0.25, 0.3) is 11.5 Å². The molecule has 1 atom stereocenters. The second kappa shape index (κ2) is 10.1. The number of carbonyl (C=O) groups is 1. The molecule has 0 aliphatic rings. The van der Waals surface area contributed by atoms with Crippen molar-refractivity contribution in [2.45, 2.75) is 25.9 Å². The molecular formula is C27H23ClN6O2. The predicted octanol–water partition coefficient (Wildman–Crippen LogP) is 4.30. The highest BCUT2D eigenvalue weighted by Gasteiger charge is 2.17. The van der Waals surface area contributed by atoms with Gasteiger partial charge in [0.05, 0.1) is 35.1 Å². The van der Waals surface area contributed by atoms with E-state index in [9.17, 15) is 9.59 Å². The van der Waals surface area contributed by atoms with E-state index in [2.05, 4.69) is 25.5 Å². The summed E-state index contributed by atoms with van der Waals surface area (Å²) < 4.78 is 1.61. The molecule has 4 aromatic heterocycles. The Bertz CT molecular complexity index is 1590. The summed E-state index contributed by atoms with van der Waals surface area (Å²) in [5, 5.41) is 11.8. The third-order valence-corrected chi connectivity index (χ3v) is 6.13. The third kappa shape index (κ3) is 5.18. The molecule has 1 unspecified atom stereocenters. The fraction of sp³-hybridized carbons (Fsp3) is 0.148. The smallest absolute Gasteiger partial charge is 0.253 e. The van der Waals surface area contributed by atoms with Crippen molar-refractivity contribution < 1.29 is 4.79 Å². The van der Waals surface area contributed by atoms with E-state index in [1.165, 1.54) is 6.07 Å². The molecule has 0 spiro atoms. The van der Waals surface area contributed by atoms with Gasteiger partial charge in [-0.25, -0.2) is 0 Å². The van der Waals surface area contributed by atoms with Crippen molar-refractivity contribution in [2.75, 3.05) is 0 Å². The number of aromatic nitrogens is 5. The van der Waals surface area contributed by atoms with E-state index in [1.807, 2.05) is 43.3 Å². The van der Waals surface area contributed by atoms with Gasteiger partial charge >= 0.3 is 0 Å². The molecule has 0 saturated heterocycles. The minimum atomic E-state index is -0.331. The maximum absolute atomic E-state index is 12.9. The second-order valence-corrected chi connectivity index (χ2v) is 9.01. The average Bonchev–Trinajstić information content (AvgIpc) is 3.30. The molecule has 1 aromatic carbocycles. The van der Waals surface area contributed by atoms with Crippen LogP contribution in [-0.4, -0.2) is 30.6 Å². The van der Waals surface area contributed by atoms with E-state index >= 15 is 0 Å². The molecule has 2 N–H and O–H groups in total. The Balaban J connectivity index is 1.25. The van der Waals surface area contributed by atoms with Crippen LogP contribution >= 0.6 is 11.6 Å². The Morgan fingerprint density at radius 2 is 1.97 bits per heavy atom. The van der Waals surface area contributed by atoms with E-state index in [1.54, 1.807) is 41.5 Å². The second-order valence-electron chi connectivity index (χ2n) is 8.58. The van der Waals surface area contributed by atoms with Gasteiger partial charge in [-0.15, -0.1) is 0 Å². The van der Waals surface area contributed by atoms with Gasteiger partial charge in [0.1, 0.15) is 0 Å². The molecule has 4 heterocycles. The Labute approximate surface area is 212 Å². The lowest BCUT2D eigenvalue weighted by Gasteiger charge is -2.13. The number of rotatable bonds is 7. The van der Waals surface area contributed by atoms with Gasteiger partial charge in [-0.05, 0) is 54.4 Å². The molecular weight excluding hydrogens is 476 g/mol. The molecule has 0 aliphatic heterocycles. The van der Waals surface area contributed by atoms with Crippen LogP contribution in [0.1, 0.15) is 45.8 Å². The van der Waals surface area contributed by atoms with Gasteiger partial charge in [-0.1, -0.05) is 23.7 Å². The van der Waals surface area contributed by atoms with Crippen molar-refractivity contribution in [3.8, 4) is 0 Å². The van der Waals surface area contributed by atoms with Crippen LogP contribution in [0, 0.1) is 0 Å². The first-order valence-electron chi connectivity index (χ1n) is 11.4. The molecule has 1 amide bonds. The number of amides is 1. The minimum absolute atomic E-state index is 0.0665. The summed E-state index contributed by atoms with van der Waals surface area (Å²) in [4.78, 5) is 33.6. The van der Waals surface area contributed by atoms with Crippen LogP contribution in [0.4, 0.5) is 0 Å². The molecule has 8 nitrogen and oxygen atoms in total. The fourth-order valence-electron chi connectivity index (χ4n) is 4.05. The molecule has 0 fully saturated rings. The van der Waals surface area contributed by atoms with Crippen LogP contribution < -0.4 is 10.9 Å². The van der Waals surface area contributed by atoms with Gasteiger partial charge in [0.15, 0.2) is 0 Å². The SMILES string of the molecule is CC(NC(=O)c1cncc(Cc2ccc(Cn3ccccc3=O)nc2)c1)c1n[nH]c2ccc(Cl)cc12. The molecule has 180 valence electrons. The van der Waals surface area contributed by atoms with E-state index in [4.69, 9.17) is 11.6 Å². The van der Waals surface area contributed by atoms with E-state index in [0.29, 0.717) is 29.2 Å². The third-order valence-electron chi connectivity index (χ3n) is 5.89. The van der Waals surface area contributed by atoms with Gasteiger partial charge in [-0.2, -0.15) is 5.10 Å². The summed E-state index contributed by atoms with van der Waals surface area (Å²) in [5.74, 6) is -0.239. The monoisotopic (exact) mass is 498 g/mol. The summed E-state index contributed by atoms with van der Waals surface area (Å²) in [7, 11) is 0. The quantitative estimate of drug-likeness (QED) is 0.348. The first kappa shape index (κ1) is 23.4. The van der Waals surface area contributed by atoms with Crippen LogP contribution in [0.15, 0.2) is 84.2 Å². The lowest BCUT2D eigenvalue weighted by atomic mass is 10.1. The van der Waals surface area contributed by atoms with Crippen LogP contribution in [-0.2, 0) is 13.0 Å². The first-order chi connectivity index (χ1) is 17.5. The molecule has 36 heavy (non-hydrogen) atoms. The van der Waals surface area contributed by atoms with Gasteiger partial charge in [0.2, 0.25) is 0 Å². The lowest BCUT2D eigenvalue weighted by molar-refractivity contribution is 0.0939. The maximum Gasteiger partial charge on any atom is 0.253 e. The number of H-pyrrole nitrogens is 1. The topological polar surface area (TPSA) is 106 Å². The molecule has 0 aliphatic carbocycles. The normalized spacial score (nSPS) is 11.9. The van der Waals surface area contributed by atoms with Crippen molar-refractivity contribution in [3.05, 3.63) is 123 Å².